The van der Waals surface area contributed by atoms with E-state index in [-0.39, 0.29) is 25.0 Å². The lowest BCUT2D eigenvalue weighted by molar-refractivity contribution is -0.384. The number of thiophene rings is 1. The number of hydrogen-bond acceptors (Lipinski definition) is 6. The SMILES string of the molecule is O=[N+]([O-])c1cc(S(=O)(=O)Nc2ccc(O)c(Cl)c2)sc1Cl. The second kappa shape index (κ2) is 5.68. The van der Waals surface area contributed by atoms with Crippen LogP contribution in [0.5, 0.6) is 5.75 Å². The largest absolute Gasteiger partial charge is 0.506 e. The van der Waals surface area contributed by atoms with Crippen molar-refractivity contribution in [3.63, 3.8) is 0 Å². The van der Waals surface area contributed by atoms with Crippen molar-refractivity contribution in [1.29, 1.82) is 0 Å². The molecule has 0 saturated heterocycles. The summed E-state index contributed by atoms with van der Waals surface area (Å²) in [4.78, 5) is 9.90. The lowest BCUT2D eigenvalue weighted by Gasteiger charge is -2.06. The van der Waals surface area contributed by atoms with E-state index in [2.05, 4.69) is 4.72 Å². The van der Waals surface area contributed by atoms with E-state index in [1.54, 1.807) is 0 Å². The van der Waals surface area contributed by atoms with Crippen LogP contribution in [0.4, 0.5) is 11.4 Å². The fourth-order valence-electron chi connectivity index (χ4n) is 1.37. The number of nitrogens with one attached hydrogen (secondary N) is 1. The molecule has 2 rings (SSSR count). The fraction of sp³-hybridized carbons (Fsp3) is 0. The van der Waals surface area contributed by atoms with Gasteiger partial charge in [-0.25, -0.2) is 8.42 Å². The number of nitrogens with zero attached hydrogens (tertiary/aromatic N) is 1. The Kier molecular flexibility index (Phi) is 4.28. The molecule has 2 aromatic rings. The average Bonchev–Trinajstić information content (AvgIpc) is 2.77. The van der Waals surface area contributed by atoms with Gasteiger partial charge < -0.3 is 5.11 Å². The van der Waals surface area contributed by atoms with Gasteiger partial charge in [0.1, 0.15) is 9.96 Å². The molecule has 0 saturated carbocycles. The van der Waals surface area contributed by atoms with Gasteiger partial charge >= 0.3 is 0 Å². The minimum Gasteiger partial charge on any atom is -0.506 e. The number of benzene rings is 1. The molecular formula is C10H6Cl2N2O5S2. The van der Waals surface area contributed by atoms with Crippen LogP contribution in [0.1, 0.15) is 0 Å². The second-order valence-electron chi connectivity index (χ2n) is 3.75. The van der Waals surface area contributed by atoms with Crippen LogP contribution in [0.15, 0.2) is 28.5 Å². The third kappa shape index (κ3) is 3.38. The van der Waals surface area contributed by atoms with Crippen molar-refractivity contribution in [2.24, 2.45) is 0 Å². The summed E-state index contributed by atoms with van der Waals surface area (Å²) < 4.78 is 25.9. The Balaban J connectivity index is 2.36. The Hall–Kier alpha value is -1.55. The molecule has 0 aliphatic carbocycles. The maximum absolute atomic E-state index is 12.1. The molecule has 0 amide bonds. The van der Waals surface area contributed by atoms with Crippen molar-refractivity contribution in [3.8, 4) is 5.75 Å². The molecular weight excluding hydrogens is 363 g/mol. The standard InChI is InChI=1S/C10H6Cl2N2O5S2/c11-6-3-5(1-2-8(6)15)13-21(18,19)9-4-7(14(16)17)10(12)20-9/h1-4,13,15H. The normalized spacial score (nSPS) is 11.3. The monoisotopic (exact) mass is 368 g/mol. The molecule has 0 aliphatic heterocycles. The molecule has 0 radical (unpaired) electrons. The van der Waals surface area contributed by atoms with Crippen LogP contribution < -0.4 is 4.72 Å². The molecule has 0 aliphatic rings. The Labute approximate surface area is 132 Å². The zero-order valence-corrected chi connectivity index (χ0v) is 13.1. The zero-order chi connectivity index (χ0) is 15.8. The predicted molar refractivity (Wildman–Crippen MR) is 79.9 cm³/mol. The molecule has 1 heterocycles. The van der Waals surface area contributed by atoms with Crippen LogP contribution in [-0.2, 0) is 10.0 Å². The first kappa shape index (κ1) is 15.8. The maximum atomic E-state index is 12.1. The topological polar surface area (TPSA) is 110 Å². The van der Waals surface area contributed by atoms with E-state index in [0.717, 1.165) is 6.07 Å². The third-order valence-corrected chi connectivity index (χ3v) is 5.80. The van der Waals surface area contributed by atoms with Gasteiger partial charge in [-0.1, -0.05) is 23.2 Å². The average molecular weight is 369 g/mol. The molecule has 1 aromatic carbocycles. The van der Waals surface area contributed by atoms with Crippen LogP contribution in [0.3, 0.4) is 0 Å². The van der Waals surface area contributed by atoms with Crippen LogP contribution in [0.25, 0.3) is 0 Å². The van der Waals surface area contributed by atoms with E-state index in [4.69, 9.17) is 23.2 Å². The summed E-state index contributed by atoms with van der Waals surface area (Å²) in [5.41, 5.74) is -0.379. The molecule has 1 aromatic heterocycles. The Morgan fingerprint density at radius 3 is 2.48 bits per heavy atom. The molecule has 0 atom stereocenters. The van der Waals surface area contributed by atoms with Gasteiger partial charge in [0.2, 0.25) is 0 Å². The molecule has 11 heteroatoms. The summed E-state index contributed by atoms with van der Waals surface area (Å²) in [5, 5.41) is 19.9. The number of rotatable bonds is 4. The number of hydrogen-bond donors (Lipinski definition) is 2. The number of nitro groups is 1. The highest BCUT2D eigenvalue weighted by Gasteiger charge is 2.25. The first-order valence-corrected chi connectivity index (χ1v) is 8.21. The smallest absolute Gasteiger partial charge is 0.300 e. The van der Waals surface area contributed by atoms with Crippen molar-refractivity contribution >= 4 is 55.9 Å². The van der Waals surface area contributed by atoms with Gasteiger partial charge in [0.25, 0.3) is 15.7 Å². The predicted octanol–water partition coefficient (Wildman–Crippen LogP) is 3.47. The Morgan fingerprint density at radius 2 is 1.95 bits per heavy atom. The number of sulfonamides is 1. The summed E-state index contributed by atoms with van der Waals surface area (Å²) in [6, 6.07) is 4.59. The van der Waals surface area contributed by atoms with Crippen molar-refractivity contribution in [1.82, 2.24) is 0 Å². The van der Waals surface area contributed by atoms with Gasteiger partial charge in [-0.2, -0.15) is 0 Å². The molecule has 7 nitrogen and oxygen atoms in total. The number of halogens is 2. The maximum Gasteiger partial charge on any atom is 0.300 e. The summed E-state index contributed by atoms with van der Waals surface area (Å²) in [5.74, 6) is -0.200. The van der Waals surface area contributed by atoms with Crippen LogP contribution >= 0.6 is 34.5 Å². The first-order valence-electron chi connectivity index (χ1n) is 5.16. The zero-order valence-electron chi connectivity index (χ0n) is 9.91. The molecule has 0 unspecified atom stereocenters. The molecule has 2 N–H and O–H groups in total. The minimum atomic E-state index is -4.04. The Morgan fingerprint density at radius 1 is 1.29 bits per heavy atom. The first-order chi connectivity index (χ1) is 9.70. The van der Waals surface area contributed by atoms with Crippen molar-refractivity contribution < 1.29 is 18.4 Å². The number of phenols is 1. The third-order valence-electron chi connectivity index (χ3n) is 2.31. The quantitative estimate of drug-likeness (QED) is 0.487. The molecule has 0 spiro atoms. The van der Waals surface area contributed by atoms with Crippen molar-refractivity contribution in [2.75, 3.05) is 4.72 Å². The highest BCUT2D eigenvalue weighted by atomic mass is 35.5. The van der Waals surface area contributed by atoms with Gasteiger partial charge in [0.05, 0.1) is 15.6 Å². The Bertz CT molecular complexity index is 819. The van der Waals surface area contributed by atoms with E-state index in [1.165, 1.54) is 18.2 Å². The van der Waals surface area contributed by atoms with Gasteiger partial charge in [0.15, 0.2) is 4.34 Å². The van der Waals surface area contributed by atoms with E-state index in [1.807, 2.05) is 0 Å². The van der Waals surface area contributed by atoms with E-state index in [9.17, 15) is 23.6 Å². The molecule has 0 fully saturated rings. The van der Waals surface area contributed by atoms with Crippen molar-refractivity contribution in [3.05, 3.63) is 43.7 Å². The summed E-state index contributed by atoms with van der Waals surface area (Å²) in [6.07, 6.45) is 0. The van der Waals surface area contributed by atoms with Crippen LogP contribution in [0, 0.1) is 10.1 Å². The van der Waals surface area contributed by atoms with Gasteiger partial charge in [0, 0.05) is 6.07 Å². The minimum absolute atomic E-state index is 0.0367. The van der Waals surface area contributed by atoms with E-state index < -0.39 is 20.6 Å². The van der Waals surface area contributed by atoms with Crippen LogP contribution in [-0.4, -0.2) is 18.4 Å². The summed E-state index contributed by atoms with van der Waals surface area (Å²) >= 11 is 11.9. The van der Waals surface area contributed by atoms with Crippen molar-refractivity contribution in [2.45, 2.75) is 4.21 Å². The number of phenolic OH excluding ortho intramolecular Hbond substituents is 1. The van der Waals surface area contributed by atoms with Gasteiger partial charge in [-0.3, -0.25) is 14.8 Å². The summed E-state index contributed by atoms with van der Waals surface area (Å²) in [6.45, 7) is 0. The summed E-state index contributed by atoms with van der Waals surface area (Å²) in [7, 11) is -4.04. The highest BCUT2D eigenvalue weighted by Crippen LogP contribution is 2.37. The van der Waals surface area contributed by atoms with Gasteiger partial charge in [-0.15, -0.1) is 11.3 Å². The molecule has 21 heavy (non-hydrogen) atoms. The van der Waals surface area contributed by atoms with Crippen LogP contribution in [0.2, 0.25) is 9.36 Å². The second-order valence-corrected chi connectivity index (χ2v) is 7.72. The molecule has 112 valence electrons. The number of aromatic hydroxyl groups is 1. The highest BCUT2D eigenvalue weighted by molar-refractivity contribution is 7.94. The molecule has 0 bridgehead atoms. The fourth-order valence-corrected chi connectivity index (χ4v) is 4.27. The lowest BCUT2D eigenvalue weighted by Crippen LogP contribution is -2.11. The lowest BCUT2D eigenvalue weighted by atomic mass is 10.3. The van der Waals surface area contributed by atoms with E-state index >= 15 is 0 Å². The van der Waals surface area contributed by atoms with E-state index in [0.29, 0.717) is 11.3 Å². The van der Waals surface area contributed by atoms with Gasteiger partial charge in [-0.05, 0) is 18.2 Å². The number of anilines is 1.